The summed E-state index contributed by atoms with van der Waals surface area (Å²) in [4.78, 5) is 27.5. The van der Waals surface area contributed by atoms with E-state index in [9.17, 15) is 9.59 Å². The van der Waals surface area contributed by atoms with Crippen molar-refractivity contribution in [2.45, 2.75) is 51.6 Å². The van der Waals surface area contributed by atoms with Crippen LogP contribution in [0.4, 0.5) is 0 Å². The maximum absolute atomic E-state index is 11.9. The molecule has 0 spiro atoms. The van der Waals surface area contributed by atoms with Crippen LogP contribution in [0.5, 0.6) is 0 Å². The monoisotopic (exact) mass is 268 g/mol. The predicted molar refractivity (Wildman–Crippen MR) is 68.8 cm³/mol. The van der Waals surface area contributed by atoms with Crippen LogP contribution in [0.25, 0.3) is 0 Å². The number of oxime groups is 1. The van der Waals surface area contributed by atoms with Crippen molar-refractivity contribution in [1.82, 2.24) is 5.32 Å². The van der Waals surface area contributed by atoms with Crippen LogP contribution >= 0.6 is 0 Å². The third kappa shape index (κ3) is 3.05. The van der Waals surface area contributed by atoms with Gasteiger partial charge in [-0.25, -0.2) is 4.79 Å². The zero-order valence-electron chi connectivity index (χ0n) is 11.1. The molecule has 1 heterocycles. The number of nitrogens with zero attached hydrogens (tertiary/aromatic N) is 1. The van der Waals surface area contributed by atoms with Gasteiger partial charge in [0.05, 0.1) is 0 Å². The van der Waals surface area contributed by atoms with Gasteiger partial charge in [0.1, 0.15) is 0 Å². The van der Waals surface area contributed by atoms with Crippen molar-refractivity contribution in [3.8, 4) is 0 Å². The Labute approximate surface area is 112 Å². The number of carboxylic acids is 1. The molecule has 2 N–H and O–H groups in total. The van der Waals surface area contributed by atoms with Gasteiger partial charge < -0.3 is 15.3 Å². The molecule has 0 bridgehead atoms. The van der Waals surface area contributed by atoms with Crippen molar-refractivity contribution >= 4 is 17.6 Å². The van der Waals surface area contributed by atoms with E-state index in [2.05, 4.69) is 17.4 Å². The Morgan fingerprint density at radius 3 is 2.68 bits per heavy atom. The summed E-state index contributed by atoms with van der Waals surface area (Å²) in [5, 5.41) is 15.1. The molecule has 2 rings (SSSR count). The SMILES string of the molecule is CCC1(CNC(=O)C2CC(C(=O)O)=NO2)CCCC1. The Balaban J connectivity index is 1.81. The van der Waals surface area contributed by atoms with Crippen LogP contribution in [0.15, 0.2) is 5.16 Å². The standard InChI is InChI=1S/C13H20N2O4/c1-2-13(5-3-4-6-13)8-14-11(16)10-7-9(12(17)18)15-19-10/h10H,2-8H2,1H3,(H,14,16)(H,17,18). The fourth-order valence-electron chi connectivity index (χ4n) is 2.81. The van der Waals surface area contributed by atoms with Gasteiger partial charge in [-0.1, -0.05) is 24.9 Å². The van der Waals surface area contributed by atoms with Gasteiger partial charge in [-0.3, -0.25) is 4.79 Å². The lowest BCUT2D eigenvalue weighted by Gasteiger charge is -2.28. The number of rotatable bonds is 5. The third-order valence-electron chi connectivity index (χ3n) is 4.26. The Morgan fingerprint density at radius 2 is 2.16 bits per heavy atom. The summed E-state index contributed by atoms with van der Waals surface area (Å²) in [6.45, 7) is 2.79. The quantitative estimate of drug-likeness (QED) is 0.786. The van der Waals surface area contributed by atoms with Crippen LogP contribution in [-0.2, 0) is 14.4 Å². The first-order valence-electron chi connectivity index (χ1n) is 6.80. The molecule has 0 aromatic rings. The van der Waals surface area contributed by atoms with Crippen LogP contribution in [-0.4, -0.2) is 35.3 Å². The summed E-state index contributed by atoms with van der Waals surface area (Å²) in [6.07, 6.45) is 5.03. The van der Waals surface area contributed by atoms with E-state index in [1.807, 2.05) is 0 Å². The summed E-state index contributed by atoms with van der Waals surface area (Å²) in [5.41, 5.74) is 0.122. The summed E-state index contributed by atoms with van der Waals surface area (Å²) in [5.74, 6) is -1.39. The molecule has 1 aliphatic heterocycles. The molecule has 1 atom stereocenters. The zero-order chi connectivity index (χ0) is 13.9. The highest BCUT2D eigenvalue weighted by Crippen LogP contribution is 2.40. The number of hydrogen-bond acceptors (Lipinski definition) is 4. The Morgan fingerprint density at radius 1 is 1.47 bits per heavy atom. The second-order valence-corrected chi connectivity index (χ2v) is 5.42. The summed E-state index contributed by atoms with van der Waals surface area (Å²) < 4.78 is 0. The van der Waals surface area contributed by atoms with Gasteiger partial charge in [-0.2, -0.15) is 0 Å². The van der Waals surface area contributed by atoms with E-state index in [4.69, 9.17) is 9.94 Å². The molecule has 2 aliphatic rings. The smallest absolute Gasteiger partial charge is 0.353 e. The van der Waals surface area contributed by atoms with Gasteiger partial charge in [-0.05, 0) is 24.7 Å². The molecule has 0 aromatic carbocycles. The molecular weight excluding hydrogens is 248 g/mol. The normalized spacial score (nSPS) is 24.7. The van der Waals surface area contributed by atoms with E-state index in [1.54, 1.807) is 0 Å². The summed E-state index contributed by atoms with van der Waals surface area (Å²) in [6, 6.07) is 0. The average Bonchev–Trinajstić information content (AvgIpc) is 3.06. The number of aliphatic carboxylic acids is 1. The maximum atomic E-state index is 11.9. The minimum Gasteiger partial charge on any atom is -0.477 e. The molecule has 6 nitrogen and oxygen atoms in total. The minimum atomic E-state index is -1.13. The first kappa shape index (κ1) is 13.8. The molecule has 19 heavy (non-hydrogen) atoms. The second-order valence-electron chi connectivity index (χ2n) is 5.42. The highest BCUT2D eigenvalue weighted by atomic mass is 16.6. The second kappa shape index (κ2) is 5.59. The topological polar surface area (TPSA) is 88.0 Å². The highest BCUT2D eigenvalue weighted by molar-refractivity contribution is 6.36. The predicted octanol–water partition coefficient (Wildman–Crippen LogP) is 1.30. The van der Waals surface area contributed by atoms with Gasteiger partial charge in [0.15, 0.2) is 5.71 Å². The summed E-state index contributed by atoms with van der Waals surface area (Å²) in [7, 11) is 0. The number of hydrogen-bond donors (Lipinski definition) is 2. The van der Waals surface area contributed by atoms with Gasteiger partial charge in [-0.15, -0.1) is 0 Å². The van der Waals surface area contributed by atoms with Gasteiger partial charge >= 0.3 is 5.97 Å². The first-order valence-corrected chi connectivity index (χ1v) is 6.80. The van der Waals surface area contributed by atoms with Crippen molar-refractivity contribution in [2.75, 3.05) is 6.54 Å². The highest BCUT2D eigenvalue weighted by Gasteiger charge is 2.35. The maximum Gasteiger partial charge on any atom is 0.353 e. The minimum absolute atomic E-state index is 0.0420. The van der Waals surface area contributed by atoms with E-state index >= 15 is 0 Å². The number of carboxylic acid groups (broad SMARTS) is 1. The Hall–Kier alpha value is -1.59. The largest absolute Gasteiger partial charge is 0.477 e. The van der Waals surface area contributed by atoms with Crippen molar-refractivity contribution in [3.05, 3.63) is 0 Å². The number of amides is 1. The molecule has 1 amide bonds. The Bertz CT molecular complexity index is 399. The molecule has 1 unspecified atom stereocenters. The Kier molecular flexibility index (Phi) is 4.07. The van der Waals surface area contributed by atoms with Crippen LogP contribution < -0.4 is 5.32 Å². The molecule has 1 saturated carbocycles. The molecule has 1 fully saturated rings. The van der Waals surface area contributed by atoms with Crippen molar-refractivity contribution in [3.63, 3.8) is 0 Å². The van der Waals surface area contributed by atoms with Gasteiger partial charge in [0.2, 0.25) is 6.10 Å². The lowest BCUT2D eigenvalue weighted by molar-refractivity contribution is -0.131. The van der Waals surface area contributed by atoms with E-state index in [1.165, 1.54) is 12.8 Å². The summed E-state index contributed by atoms with van der Waals surface area (Å²) >= 11 is 0. The lowest BCUT2D eigenvalue weighted by Crippen LogP contribution is -2.41. The number of carbonyl (C=O) groups is 2. The molecule has 6 heteroatoms. The van der Waals surface area contributed by atoms with E-state index in [0.29, 0.717) is 6.54 Å². The lowest BCUT2D eigenvalue weighted by atomic mass is 9.83. The van der Waals surface area contributed by atoms with E-state index < -0.39 is 12.1 Å². The van der Waals surface area contributed by atoms with Crippen molar-refractivity contribution in [1.29, 1.82) is 0 Å². The molecule has 106 valence electrons. The molecule has 0 radical (unpaired) electrons. The van der Waals surface area contributed by atoms with E-state index in [-0.39, 0.29) is 23.5 Å². The van der Waals surface area contributed by atoms with Gasteiger partial charge in [0, 0.05) is 13.0 Å². The van der Waals surface area contributed by atoms with Crippen LogP contribution in [0, 0.1) is 5.41 Å². The molecule has 0 saturated heterocycles. The first-order chi connectivity index (χ1) is 9.06. The van der Waals surface area contributed by atoms with Crippen molar-refractivity contribution < 1.29 is 19.5 Å². The molecule has 0 aromatic heterocycles. The molecule has 1 aliphatic carbocycles. The number of nitrogens with one attached hydrogen (secondary N) is 1. The van der Waals surface area contributed by atoms with Crippen LogP contribution in [0.1, 0.15) is 45.4 Å². The third-order valence-corrected chi connectivity index (χ3v) is 4.26. The zero-order valence-corrected chi connectivity index (χ0v) is 11.1. The number of carbonyl (C=O) groups excluding carboxylic acids is 1. The fraction of sp³-hybridized carbons (Fsp3) is 0.769. The van der Waals surface area contributed by atoms with E-state index in [0.717, 1.165) is 19.3 Å². The van der Waals surface area contributed by atoms with Crippen molar-refractivity contribution in [2.24, 2.45) is 10.6 Å². The van der Waals surface area contributed by atoms with Crippen LogP contribution in [0.3, 0.4) is 0 Å². The molecular formula is C13H20N2O4. The van der Waals surface area contributed by atoms with Gasteiger partial charge in [0.25, 0.3) is 5.91 Å². The fourth-order valence-corrected chi connectivity index (χ4v) is 2.81. The van der Waals surface area contributed by atoms with Crippen LogP contribution in [0.2, 0.25) is 0 Å². The average molecular weight is 268 g/mol.